The van der Waals surface area contributed by atoms with Crippen LogP contribution in [0.3, 0.4) is 0 Å². The summed E-state index contributed by atoms with van der Waals surface area (Å²) in [5.41, 5.74) is 0.337. The molecule has 0 aliphatic heterocycles. The van der Waals surface area contributed by atoms with Gasteiger partial charge in [-0.1, -0.05) is 6.92 Å². The zero-order chi connectivity index (χ0) is 13.7. The van der Waals surface area contributed by atoms with Crippen molar-refractivity contribution in [3.05, 3.63) is 29.3 Å². The van der Waals surface area contributed by atoms with Gasteiger partial charge in [-0.2, -0.15) is 0 Å². The average Bonchev–Trinajstić information content (AvgIpc) is 3.07. The molecule has 0 saturated carbocycles. The van der Waals surface area contributed by atoms with E-state index < -0.39 is 5.97 Å². The van der Waals surface area contributed by atoms with Crippen molar-refractivity contribution >= 4 is 22.4 Å². The number of thiazole rings is 1. The third-order valence-corrected chi connectivity index (χ3v) is 3.32. The molecule has 1 atom stereocenters. The molecule has 2 rings (SSSR count). The summed E-state index contributed by atoms with van der Waals surface area (Å²) in [5.74, 6) is 0.466. The van der Waals surface area contributed by atoms with E-state index in [9.17, 15) is 4.79 Å². The first-order valence-electron chi connectivity index (χ1n) is 6.13. The maximum Gasteiger partial charge on any atom is 0.357 e. The van der Waals surface area contributed by atoms with Crippen LogP contribution in [0.15, 0.2) is 17.8 Å². The molecule has 0 radical (unpaired) electrons. The van der Waals surface area contributed by atoms with Crippen molar-refractivity contribution in [2.45, 2.75) is 26.3 Å². The smallest absolute Gasteiger partial charge is 0.357 e. The second kappa shape index (κ2) is 6.33. The topological polar surface area (TPSA) is 79.9 Å². The Bertz CT molecular complexity index is 524. The molecule has 0 aromatic carbocycles. The predicted octanol–water partition coefficient (Wildman–Crippen LogP) is 2.61. The van der Waals surface area contributed by atoms with Gasteiger partial charge in [-0.05, 0) is 13.3 Å². The van der Waals surface area contributed by atoms with Crippen molar-refractivity contribution in [3.8, 4) is 0 Å². The zero-order valence-electron chi connectivity index (χ0n) is 10.8. The van der Waals surface area contributed by atoms with Crippen molar-refractivity contribution in [1.82, 2.24) is 15.0 Å². The first-order valence-corrected chi connectivity index (χ1v) is 7.01. The van der Waals surface area contributed by atoms with Crippen LogP contribution in [0, 0.1) is 0 Å². The van der Waals surface area contributed by atoms with Crippen LogP contribution < -0.4 is 5.32 Å². The molecule has 0 fully saturated rings. The number of ether oxygens (including phenoxy) is 1. The van der Waals surface area contributed by atoms with Crippen molar-refractivity contribution in [2.24, 2.45) is 0 Å². The SMILES string of the molecule is CCOC(=O)c1csc(NC(CC)c2ncc[nH]2)n1. The van der Waals surface area contributed by atoms with E-state index in [-0.39, 0.29) is 6.04 Å². The van der Waals surface area contributed by atoms with Gasteiger partial charge in [0.05, 0.1) is 12.6 Å². The van der Waals surface area contributed by atoms with E-state index in [4.69, 9.17) is 4.74 Å². The molecular formula is C12H16N4O2S. The van der Waals surface area contributed by atoms with Gasteiger partial charge in [0.2, 0.25) is 0 Å². The lowest BCUT2D eigenvalue weighted by atomic mass is 10.2. The molecule has 19 heavy (non-hydrogen) atoms. The molecule has 2 aromatic rings. The van der Waals surface area contributed by atoms with Gasteiger partial charge in [0.25, 0.3) is 0 Å². The van der Waals surface area contributed by atoms with Gasteiger partial charge in [-0.15, -0.1) is 11.3 Å². The summed E-state index contributed by atoms with van der Waals surface area (Å²) in [6, 6.07) is 0.0520. The maximum absolute atomic E-state index is 11.5. The first-order chi connectivity index (χ1) is 9.24. The van der Waals surface area contributed by atoms with Crippen molar-refractivity contribution in [3.63, 3.8) is 0 Å². The third kappa shape index (κ3) is 3.31. The second-order valence-corrected chi connectivity index (χ2v) is 4.70. The molecule has 0 saturated heterocycles. The number of carbonyl (C=O) groups excluding carboxylic acids is 1. The predicted molar refractivity (Wildman–Crippen MR) is 73.3 cm³/mol. The minimum Gasteiger partial charge on any atom is -0.461 e. The molecule has 6 nitrogen and oxygen atoms in total. The Kier molecular flexibility index (Phi) is 4.51. The number of H-pyrrole nitrogens is 1. The number of hydrogen-bond donors (Lipinski definition) is 2. The number of esters is 1. The molecule has 0 amide bonds. The molecule has 7 heteroatoms. The van der Waals surface area contributed by atoms with Crippen LogP contribution in [-0.4, -0.2) is 27.5 Å². The summed E-state index contributed by atoms with van der Waals surface area (Å²) in [6.07, 6.45) is 4.36. The minimum absolute atomic E-state index is 0.0520. The number of nitrogens with one attached hydrogen (secondary N) is 2. The molecule has 2 N–H and O–H groups in total. The Balaban J connectivity index is 2.04. The summed E-state index contributed by atoms with van der Waals surface area (Å²) in [5, 5.41) is 5.63. The highest BCUT2D eigenvalue weighted by atomic mass is 32.1. The summed E-state index contributed by atoms with van der Waals surface area (Å²) in [4.78, 5) is 23.0. The van der Waals surface area contributed by atoms with Crippen LogP contribution >= 0.6 is 11.3 Å². The molecular weight excluding hydrogens is 264 g/mol. The Morgan fingerprint density at radius 2 is 2.42 bits per heavy atom. The largest absolute Gasteiger partial charge is 0.461 e. The Hall–Kier alpha value is -1.89. The summed E-state index contributed by atoms with van der Waals surface area (Å²) >= 11 is 1.38. The molecule has 0 spiro atoms. The van der Waals surface area contributed by atoms with Gasteiger partial charge in [-0.3, -0.25) is 0 Å². The number of aromatic amines is 1. The fraction of sp³-hybridized carbons (Fsp3) is 0.417. The number of aromatic nitrogens is 3. The van der Waals surface area contributed by atoms with E-state index in [0.717, 1.165) is 12.2 Å². The number of nitrogens with zero attached hydrogens (tertiary/aromatic N) is 2. The fourth-order valence-electron chi connectivity index (χ4n) is 1.62. The number of anilines is 1. The van der Waals surface area contributed by atoms with Crippen LogP contribution in [0.4, 0.5) is 5.13 Å². The van der Waals surface area contributed by atoms with Crippen molar-refractivity contribution in [2.75, 3.05) is 11.9 Å². The monoisotopic (exact) mass is 280 g/mol. The first kappa shape index (κ1) is 13.5. The van der Waals surface area contributed by atoms with Crippen LogP contribution in [-0.2, 0) is 4.74 Å². The van der Waals surface area contributed by atoms with Gasteiger partial charge < -0.3 is 15.0 Å². The third-order valence-electron chi connectivity index (χ3n) is 2.54. The van der Waals surface area contributed by atoms with E-state index in [2.05, 4.69) is 27.2 Å². The molecule has 0 bridgehead atoms. The Morgan fingerprint density at radius 1 is 1.58 bits per heavy atom. The lowest BCUT2D eigenvalue weighted by Crippen LogP contribution is -2.11. The second-order valence-electron chi connectivity index (χ2n) is 3.84. The molecule has 102 valence electrons. The van der Waals surface area contributed by atoms with Gasteiger partial charge >= 0.3 is 5.97 Å². The fourth-order valence-corrected chi connectivity index (χ4v) is 2.35. The molecule has 0 aliphatic rings. The summed E-state index contributed by atoms with van der Waals surface area (Å²) < 4.78 is 4.90. The van der Waals surface area contributed by atoms with Crippen LogP contribution in [0.2, 0.25) is 0 Å². The molecule has 1 unspecified atom stereocenters. The van der Waals surface area contributed by atoms with Gasteiger partial charge in [0.15, 0.2) is 10.8 Å². The van der Waals surface area contributed by atoms with Crippen LogP contribution in [0.25, 0.3) is 0 Å². The van der Waals surface area contributed by atoms with E-state index in [1.807, 2.05) is 0 Å². The Morgan fingerprint density at radius 3 is 3.05 bits per heavy atom. The summed E-state index contributed by atoms with van der Waals surface area (Å²) in [7, 11) is 0. The lowest BCUT2D eigenvalue weighted by molar-refractivity contribution is 0.0520. The highest BCUT2D eigenvalue weighted by molar-refractivity contribution is 7.13. The number of carbonyl (C=O) groups is 1. The zero-order valence-corrected chi connectivity index (χ0v) is 11.7. The van der Waals surface area contributed by atoms with Crippen LogP contribution in [0.1, 0.15) is 42.6 Å². The molecule has 2 heterocycles. The van der Waals surface area contributed by atoms with E-state index >= 15 is 0 Å². The number of rotatable bonds is 6. The standard InChI is InChI=1S/C12H16N4O2S/c1-3-8(10-13-5-6-14-10)15-12-16-9(7-19-12)11(17)18-4-2/h5-8H,3-4H2,1-2H3,(H,13,14)(H,15,16). The van der Waals surface area contributed by atoms with Gasteiger partial charge in [0, 0.05) is 17.8 Å². The van der Waals surface area contributed by atoms with Gasteiger partial charge in [-0.25, -0.2) is 14.8 Å². The van der Waals surface area contributed by atoms with Crippen molar-refractivity contribution in [1.29, 1.82) is 0 Å². The van der Waals surface area contributed by atoms with E-state index in [1.165, 1.54) is 11.3 Å². The maximum atomic E-state index is 11.5. The quantitative estimate of drug-likeness (QED) is 0.795. The molecule has 0 aliphatic carbocycles. The van der Waals surface area contributed by atoms with Gasteiger partial charge in [0.1, 0.15) is 5.82 Å². The average molecular weight is 280 g/mol. The normalized spacial score (nSPS) is 12.1. The Labute approximate surface area is 115 Å². The van der Waals surface area contributed by atoms with E-state index in [0.29, 0.717) is 17.4 Å². The highest BCUT2D eigenvalue weighted by Crippen LogP contribution is 2.23. The summed E-state index contributed by atoms with van der Waals surface area (Å²) in [6.45, 7) is 4.18. The van der Waals surface area contributed by atoms with Crippen LogP contribution in [0.5, 0.6) is 0 Å². The lowest BCUT2D eigenvalue weighted by Gasteiger charge is -2.13. The number of hydrogen-bond acceptors (Lipinski definition) is 6. The van der Waals surface area contributed by atoms with E-state index in [1.54, 1.807) is 24.7 Å². The highest BCUT2D eigenvalue weighted by Gasteiger charge is 2.16. The minimum atomic E-state index is -0.391. The van der Waals surface area contributed by atoms with Crippen molar-refractivity contribution < 1.29 is 9.53 Å². The molecule has 2 aromatic heterocycles. The number of imidazole rings is 1.